The Morgan fingerprint density at radius 2 is 2.26 bits per heavy atom. The standard InChI is InChI=1S/C22H29NO4/c1-26-22-7-6-17(25)13-21(22)8-9-23(14-18-3-2-10-27-18)20(22)11-15-4-5-16(24)12-19(15)21/h4-5,12,18,20,24H,2-3,6-11,13-14H2,1H3/t18?,20-,21-,22?/m1/s1. The molecule has 2 aliphatic heterocycles. The Morgan fingerprint density at radius 1 is 1.37 bits per heavy atom. The van der Waals surface area contributed by atoms with E-state index in [2.05, 4.69) is 4.90 Å². The summed E-state index contributed by atoms with van der Waals surface area (Å²) in [6, 6.07) is 5.98. The summed E-state index contributed by atoms with van der Waals surface area (Å²) in [5, 5.41) is 10.2. The van der Waals surface area contributed by atoms with Gasteiger partial charge in [-0.25, -0.2) is 0 Å². The fraction of sp³-hybridized carbons (Fsp3) is 0.682. The Labute approximate surface area is 160 Å². The molecule has 5 nitrogen and oxygen atoms in total. The first kappa shape index (κ1) is 17.7. The van der Waals surface area contributed by atoms with E-state index in [1.165, 1.54) is 5.56 Å². The zero-order valence-corrected chi connectivity index (χ0v) is 16.1. The van der Waals surface area contributed by atoms with Crippen molar-refractivity contribution in [2.45, 2.75) is 68.1 Å². The van der Waals surface area contributed by atoms with Gasteiger partial charge >= 0.3 is 0 Å². The summed E-state index contributed by atoms with van der Waals surface area (Å²) < 4.78 is 12.3. The van der Waals surface area contributed by atoms with Crippen molar-refractivity contribution in [3.8, 4) is 5.75 Å². The third-order valence-electron chi connectivity index (χ3n) is 7.74. The number of carbonyl (C=O) groups is 1. The van der Waals surface area contributed by atoms with E-state index in [0.29, 0.717) is 24.7 Å². The van der Waals surface area contributed by atoms with Gasteiger partial charge in [0, 0.05) is 44.6 Å². The van der Waals surface area contributed by atoms with Gasteiger partial charge in [0.25, 0.3) is 0 Å². The molecule has 2 bridgehead atoms. The number of hydrogen-bond acceptors (Lipinski definition) is 5. The molecule has 1 aromatic carbocycles. The number of nitrogens with zero attached hydrogens (tertiary/aromatic N) is 1. The van der Waals surface area contributed by atoms with Gasteiger partial charge in [-0.15, -0.1) is 0 Å². The molecule has 5 rings (SSSR count). The Balaban J connectivity index is 1.61. The highest BCUT2D eigenvalue weighted by atomic mass is 16.5. The zero-order valence-electron chi connectivity index (χ0n) is 16.1. The van der Waals surface area contributed by atoms with Crippen molar-refractivity contribution in [2.75, 3.05) is 26.8 Å². The van der Waals surface area contributed by atoms with Gasteiger partial charge in [0.05, 0.1) is 11.7 Å². The van der Waals surface area contributed by atoms with Crippen molar-refractivity contribution in [1.29, 1.82) is 0 Å². The third kappa shape index (κ3) is 2.44. The number of Topliss-reactive ketones (excluding diaryl/α,β-unsaturated/α-hetero) is 1. The Bertz CT molecular complexity index is 759. The molecule has 2 unspecified atom stereocenters. The number of carbonyl (C=O) groups excluding carboxylic acids is 1. The molecule has 5 heteroatoms. The maximum absolute atomic E-state index is 12.6. The number of piperidine rings is 1. The van der Waals surface area contributed by atoms with Gasteiger partial charge in [-0.3, -0.25) is 9.69 Å². The summed E-state index contributed by atoms with van der Waals surface area (Å²) in [5.41, 5.74) is 1.72. The predicted octanol–water partition coefficient (Wildman–Crippen LogP) is 2.58. The molecule has 2 saturated heterocycles. The average Bonchev–Trinajstić information content (AvgIpc) is 3.17. The van der Waals surface area contributed by atoms with E-state index in [9.17, 15) is 9.90 Å². The van der Waals surface area contributed by atoms with E-state index >= 15 is 0 Å². The molecule has 1 N–H and O–H groups in total. The number of fused-ring (bicyclic) bond motifs is 1. The summed E-state index contributed by atoms with van der Waals surface area (Å²) >= 11 is 0. The van der Waals surface area contributed by atoms with Crippen LogP contribution in [0.3, 0.4) is 0 Å². The molecule has 1 saturated carbocycles. The molecular formula is C22H29NO4. The number of likely N-dealkylation sites (tertiary alicyclic amines) is 1. The normalized spacial score (nSPS) is 38.5. The molecule has 3 fully saturated rings. The Kier molecular flexibility index (Phi) is 4.12. The topological polar surface area (TPSA) is 59.0 Å². The van der Waals surface area contributed by atoms with Crippen LogP contribution in [0, 0.1) is 0 Å². The summed E-state index contributed by atoms with van der Waals surface area (Å²) in [6.07, 6.45) is 6.30. The van der Waals surface area contributed by atoms with Crippen molar-refractivity contribution >= 4 is 5.78 Å². The zero-order chi connectivity index (χ0) is 18.6. The third-order valence-corrected chi connectivity index (χ3v) is 7.74. The maximum Gasteiger partial charge on any atom is 0.134 e. The minimum atomic E-state index is -0.363. The number of aromatic hydroxyl groups is 1. The summed E-state index contributed by atoms with van der Waals surface area (Å²) in [7, 11) is 1.82. The predicted molar refractivity (Wildman–Crippen MR) is 101 cm³/mol. The van der Waals surface area contributed by atoms with Crippen LogP contribution in [-0.4, -0.2) is 60.3 Å². The highest BCUT2D eigenvalue weighted by Gasteiger charge is 2.65. The van der Waals surface area contributed by atoms with Gasteiger partial charge in [-0.1, -0.05) is 6.07 Å². The minimum Gasteiger partial charge on any atom is -0.508 e. The smallest absolute Gasteiger partial charge is 0.134 e. The molecule has 27 heavy (non-hydrogen) atoms. The van der Waals surface area contributed by atoms with E-state index in [0.717, 1.165) is 57.4 Å². The summed E-state index contributed by atoms with van der Waals surface area (Å²) in [4.78, 5) is 15.1. The van der Waals surface area contributed by atoms with Gasteiger partial charge in [0.2, 0.25) is 0 Å². The second-order valence-electron chi connectivity index (χ2n) is 8.83. The number of ether oxygens (including phenoxy) is 2. The summed E-state index contributed by atoms with van der Waals surface area (Å²) in [5.74, 6) is 0.608. The van der Waals surface area contributed by atoms with Crippen LogP contribution in [0.5, 0.6) is 5.75 Å². The highest BCUT2D eigenvalue weighted by Crippen LogP contribution is 2.59. The number of methoxy groups -OCH3 is 1. The van der Waals surface area contributed by atoms with E-state index in [-0.39, 0.29) is 22.8 Å². The molecule has 2 aliphatic carbocycles. The lowest BCUT2D eigenvalue weighted by molar-refractivity contribution is -0.190. The molecule has 146 valence electrons. The lowest BCUT2D eigenvalue weighted by atomic mass is 9.49. The van der Waals surface area contributed by atoms with Gasteiger partial charge < -0.3 is 14.6 Å². The van der Waals surface area contributed by atoms with Crippen LogP contribution in [0.4, 0.5) is 0 Å². The second kappa shape index (κ2) is 6.29. The quantitative estimate of drug-likeness (QED) is 0.885. The van der Waals surface area contributed by atoms with E-state index in [4.69, 9.17) is 9.47 Å². The van der Waals surface area contributed by atoms with Gasteiger partial charge in [0.1, 0.15) is 11.5 Å². The first-order valence-corrected chi connectivity index (χ1v) is 10.3. The SMILES string of the molecule is COC12CCC(=O)C[C@@]13CCN(CC1CCCO1)[C@@H]2Cc1ccc(O)cc13. The number of benzene rings is 1. The maximum atomic E-state index is 12.6. The van der Waals surface area contributed by atoms with Crippen LogP contribution in [0.1, 0.15) is 49.7 Å². The summed E-state index contributed by atoms with van der Waals surface area (Å²) in [6.45, 7) is 2.78. The van der Waals surface area contributed by atoms with Gasteiger partial charge in [0.15, 0.2) is 0 Å². The van der Waals surface area contributed by atoms with Crippen LogP contribution < -0.4 is 0 Å². The highest BCUT2D eigenvalue weighted by molar-refractivity contribution is 5.82. The minimum absolute atomic E-state index is 0.255. The van der Waals surface area contributed by atoms with E-state index in [1.54, 1.807) is 6.07 Å². The number of phenols is 1. The number of hydrogen-bond donors (Lipinski definition) is 1. The molecule has 0 spiro atoms. The molecule has 4 atom stereocenters. The number of ketones is 1. The van der Waals surface area contributed by atoms with Crippen LogP contribution in [0.15, 0.2) is 18.2 Å². The lowest BCUT2D eigenvalue weighted by Crippen LogP contribution is -2.74. The molecule has 1 aromatic rings. The van der Waals surface area contributed by atoms with Crippen LogP contribution >= 0.6 is 0 Å². The first-order chi connectivity index (χ1) is 13.1. The van der Waals surface area contributed by atoms with Crippen molar-refractivity contribution in [2.24, 2.45) is 0 Å². The van der Waals surface area contributed by atoms with Crippen molar-refractivity contribution in [3.05, 3.63) is 29.3 Å². The van der Waals surface area contributed by atoms with Crippen molar-refractivity contribution in [1.82, 2.24) is 4.90 Å². The Morgan fingerprint density at radius 3 is 3.04 bits per heavy atom. The molecule has 2 heterocycles. The largest absolute Gasteiger partial charge is 0.508 e. The molecule has 0 aromatic heterocycles. The molecule has 0 amide bonds. The fourth-order valence-electron chi connectivity index (χ4n) is 6.56. The monoisotopic (exact) mass is 371 g/mol. The number of rotatable bonds is 3. The second-order valence-corrected chi connectivity index (χ2v) is 8.83. The van der Waals surface area contributed by atoms with Crippen molar-refractivity contribution < 1.29 is 19.4 Å². The lowest BCUT2D eigenvalue weighted by Gasteiger charge is -2.65. The van der Waals surface area contributed by atoms with Crippen LogP contribution in [0.2, 0.25) is 0 Å². The average molecular weight is 371 g/mol. The first-order valence-electron chi connectivity index (χ1n) is 10.3. The van der Waals surface area contributed by atoms with E-state index < -0.39 is 0 Å². The Hall–Kier alpha value is -1.43. The molecule has 0 radical (unpaired) electrons. The molecular weight excluding hydrogens is 342 g/mol. The molecule has 4 aliphatic rings. The number of phenolic OH excluding ortho intramolecular Hbond substituents is 1. The van der Waals surface area contributed by atoms with Crippen LogP contribution in [-0.2, 0) is 26.1 Å². The van der Waals surface area contributed by atoms with E-state index in [1.807, 2.05) is 19.2 Å². The van der Waals surface area contributed by atoms with Crippen LogP contribution in [0.25, 0.3) is 0 Å². The fourth-order valence-corrected chi connectivity index (χ4v) is 6.56. The van der Waals surface area contributed by atoms with Gasteiger partial charge in [-0.05, 0) is 61.9 Å². The van der Waals surface area contributed by atoms with Crippen molar-refractivity contribution in [3.63, 3.8) is 0 Å². The van der Waals surface area contributed by atoms with Gasteiger partial charge in [-0.2, -0.15) is 0 Å².